The number of sulfone groups is 1. The molecule has 0 heterocycles. The van der Waals surface area contributed by atoms with Crippen LogP contribution in [-0.4, -0.2) is 13.2 Å². The lowest BCUT2D eigenvalue weighted by molar-refractivity contribution is 0.560. The highest BCUT2D eigenvalue weighted by atomic mass is 32.2. The Morgan fingerprint density at radius 3 is 2.00 bits per heavy atom. The normalized spacial score (nSPS) is 12.5. The molecule has 0 amide bonds. The molecule has 0 atom stereocenters. The van der Waals surface area contributed by atoms with E-state index in [4.69, 9.17) is 0 Å². The summed E-state index contributed by atoms with van der Waals surface area (Å²) in [5, 5.41) is 2.00. The molecule has 118 valence electrons. The van der Waals surface area contributed by atoms with Gasteiger partial charge in [-0.1, -0.05) is 60.7 Å². The van der Waals surface area contributed by atoms with Crippen LogP contribution in [-0.2, 0) is 9.84 Å². The van der Waals surface area contributed by atoms with Crippen molar-refractivity contribution in [3.05, 3.63) is 66.7 Å². The molecule has 0 saturated carbocycles. The zero-order valence-corrected chi connectivity index (χ0v) is 14.4. The summed E-state index contributed by atoms with van der Waals surface area (Å²) in [5.74, 6) is 0. The zero-order valence-electron chi connectivity index (χ0n) is 13.6. The molecule has 2 nitrogen and oxygen atoms in total. The van der Waals surface area contributed by atoms with Crippen LogP contribution in [0.25, 0.3) is 21.9 Å². The molecule has 3 rings (SSSR count). The van der Waals surface area contributed by atoms with Gasteiger partial charge in [0.05, 0.1) is 9.64 Å². The molecular formula is C20H20O2S. The second-order valence-corrected chi connectivity index (χ2v) is 9.31. The van der Waals surface area contributed by atoms with E-state index < -0.39 is 14.6 Å². The molecule has 0 N–H and O–H groups in total. The van der Waals surface area contributed by atoms with E-state index in [2.05, 4.69) is 0 Å². The molecule has 0 fully saturated rings. The second kappa shape index (κ2) is 5.50. The molecule has 0 aliphatic carbocycles. The lowest BCUT2D eigenvalue weighted by Gasteiger charge is -2.22. The quantitative estimate of drug-likeness (QED) is 0.659. The van der Waals surface area contributed by atoms with Gasteiger partial charge in [0.2, 0.25) is 0 Å². The number of hydrogen-bond donors (Lipinski definition) is 0. The summed E-state index contributed by atoms with van der Waals surface area (Å²) in [6, 6.07) is 21.3. The Morgan fingerprint density at radius 2 is 1.35 bits per heavy atom. The van der Waals surface area contributed by atoms with Crippen molar-refractivity contribution >= 4 is 20.6 Å². The minimum Gasteiger partial charge on any atom is -0.223 e. The van der Waals surface area contributed by atoms with Crippen molar-refractivity contribution in [3.63, 3.8) is 0 Å². The lowest BCUT2D eigenvalue weighted by atomic mass is 9.98. The maximum absolute atomic E-state index is 13.1. The van der Waals surface area contributed by atoms with Crippen molar-refractivity contribution in [2.24, 2.45) is 0 Å². The molecule has 0 saturated heterocycles. The highest BCUT2D eigenvalue weighted by molar-refractivity contribution is 7.93. The van der Waals surface area contributed by atoms with Crippen molar-refractivity contribution < 1.29 is 8.42 Å². The Labute approximate surface area is 137 Å². The Balaban J connectivity index is 2.45. The number of benzene rings is 3. The summed E-state index contributed by atoms with van der Waals surface area (Å²) >= 11 is 0. The van der Waals surface area contributed by atoms with Crippen LogP contribution >= 0.6 is 0 Å². The molecule has 0 aliphatic rings. The van der Waals surface area contributed by atoms with Crippen LogP contribution in [0.4, 0.5) is 0 Å². The first-order chi connectivity index (χ1) is 10.8. The van der Waals surface area contributed by atoms with E-state index >= 15 is 0 Å². The molecule has 0 aliphatic heterocycles. The Kier molecular flexibility index (Phi) is 3.77. The monoisotopic (exact) mass is 324 g/mol. The predicted octanol–water partition coefficient (Wildman–Crippen LogP) is 5.08. The highest BCUT2D eigenvalue weighted by Gasteiger charge is 2.33. The molecule has 0 bridgehead atoms. The van der Waals surface area contributed by atoms with E-state index in [-0.39, 0.29) is 0 Å². The third-order valence-corrected chi connectivity index (χ3v) is 6.58. The maximum Gasteiger partial charge on any atom is 0.183 e. The first kappa shape index (κ1) is 15.8. The lowest BCUT2D eigenvalue weighted by Crippen LogP contribution is -2.28. The van der Waals surface area contributed by atoms with E-state index in [1.807, 2.05) is 60.7 Å². The van der Waals surface area contributed by atoms with Crippen LogP contribution in [0.3, 0.4) is 0 Å². The minimum absolute atomic E-state index is 0.398. The average Bonchev–Trinajstić information content (AvgIpc) is 2.53. The number of fused-ring (bicyclic) bond motifs is 1. The Morgan fingerprint density at radius 1 is 0.739 bits per heavy atom. The summed E-state index contributed by atoms with van der Waals surface area (Å²) in [5.41, 5.74) is 1.71. The van der Waals surface area contributed by atoms with E-state index in [1.54, 1.807) is 26.8 Å². The minimum atomic E-state index is -3.45. The SMILES string of the molecule is CC(C)(C)S(=O)(=O)c1ccc2ccccc2c1-c1ccccc1. The first-order valence-electron chi connectivity index (χ1n) is 7.64. The predicted molar refractivity (Wildman–Crippen MR) is 96.3 cm³/mol. The average molecular weight is 324 g/mol. The van der Waals surface area contributed by atoms with Crippen LogP contribution in [0, 0.1) is 0 Å². The van der Waals surface area contributed by atoms with Crippen LogP contribution in [0.1, 0.15) is 20.8 Å². The maximum atomic E-state index is 13.1. The molecular weight excluding hydrogens is 304 g/mol. The largest absolute Gasteiger partial charge is 0.223 e. The van der Waals surface area contributed by atoms with Crippen molar-refractivity contribution in [1.29, 1.82) is 0 Å². The third kappa shape index (κ3) is 2.66. The van der Waals surface area contributed by atoms with Gasteiger partial charge in [0, 0.05) is 5.56 Å². The fourth-order valence-corrected chi connectivity index (χ4v) is 4.11. The van der Waals surface area contributed by atoms with Crippen LogP contribution in [0.5, 0.6) is 0 Å². The van der Waals surface area contributed by atoms with Crippen molar-refractivity contribution in [1.82, 2.24) is 0 Å². The van der Waals surface area contributed by atoms with Gasteiger partial charge in [-0.15, -0.1) is 0 Å². The van der Waals surface area contributed by atoms with Crippen molar-refractivity contribution in [2.45, 2.75) is 30.4 Å². The van der Waals surface area contributed by atoms with Gasteiger partial charge in [-0.2, -0.15) is 0 Å². The Hall–Kier alpha value is -2.13. The third-order valence-electron chi connectivity index (χ3n) is 4.05. The fraction of sp³-hybridized carbons (Fsp3) is 0.200. The van der Waals surface area contributed by atoms with Crippen LogP contribution in [0.2, 0.25) is 0 Å². The van der Waals surface area contributed by atoms with Gasteiger partial charge in [-0.3, -0.25) is 0 Å². The number of rotatable bonds is 2. The molecule has 0 aromatic heterocycles. The second-order valence-electron chi connectivity index (χ2n) is 6.64. The summed E-state index contributed by atoms with van der Waals surface area (Å²) in [7, 11) is -3.45. The molecule has 3 aromatic carbocycles. The van der Waals surface area contributed by atoms with E-state index in [0.717, 1.165) is 21.9 Å². The molecule has 3 aromatic rings. The van der Waals surface area contributed by atoms with Gasteiger partial charge in [0.15, 0.2) is 9.84 Å². The van der Waals surface area contributed by atoms with Crippen LogP contribution in [0.15, 0.2) is 71.6 Å². The molecule has 0 unspecified atom stereocenters. The van der Waals surface area contributed by atoms with Gasteiger partial charge in [0.25, 0.3) is 0 Å². The molecule has 0 spiro atoms. The van der Waals surface area contributed by atoms with Crippen LogP contribution < -0.4 is 0 Å². The molecule has 3 heteroatoms. The van der Waals surface area contributed by atoms with Gasteiger partial charge < -0.3 is 0 Å². The smallest absolute Gasteiger partial charge is 0.183 e. The van der Waals surface area contributed by atoms with E-state index in [0.29, 0.717) is 4.90 Å². The molecule has 23 heavy (non-hydrogen) atoms. The van der Waals surface area contributed by atoms with Gasteiger partial charge in [0.1, 0.15) is 0 Å². The molecule has 0 radical (unpaired) electrons. The topological polar surface area (TPSA) is 34.1 Å². The first-order valence-corrected chi connectivity index (χ1v) is 9.12. The van der Waals surface area contributed by atoms with Gasteiger partial charge in [-0.25, -0.2) is 8.42 Å². The van der Waals surface area contributed by atoms with Crippen molar-refractivity contribution in [2.75, 3.05) is 0 Å². The summed E-state index contributed by atoms with van der Waals surface area (Å²) < 4.78 is 25.3. The van der Waals surface area contributed by atoms with E-state index in [9.17, 15) is 8.42 Å². The fourth-order valence-electron chi connectivity index (χ4n) is 2.71. The summed E-state index contributed by atoms with van der Waals surface area (Å²) in [6.45, 7) is 5.23. The summed E-state index contributed by atoms with van der Waals surface area (Å²) in [6.07, 6.45) is 0. The van der Waals surface area contributed by atoms with Gasteiger partial charge >= 0.3 is 0 Å². The number of hydrogen-bond acceptors (Lipinski definition) is 2. The van der Waals surface area contributed by atoms with E-state index in [1.165, 1.54) is 0 Å². The highest BCUT2D eigenvalue weighted by Crippen LogP contribution is 2.38. The van der Waals surface area contributed by atoms with Gasteiger partial charge in [-0.05, 0) is 43.2 Å². The standard InChI is InChI=1S/C20H20O2S/c1-20(2,3)23(21,22)18-14-13-15-9-7-8-12-17(15)19(18)16-10-5-4-6-11-16/h4-14H,1-3H3. The zero-order chi connectivity index (χ0) is 16.7. The Bertz CT molecular complexity index is 950. The van der Waals surface area contributed by atoms with Crippen molar-refractivity contribution in [3.8, 4) is 11.1 Å². The summed E-state index contributed by atoms with van der Waals surface area (Å²) in [4.78, 5) is 0.398.